The van der Waals surface area contributed by atoms with E-state index in [0.29, 0.717) is 68.1 Å². The van der Waals surface area contributed by atoms with Gasteiger partial charge in [-0.05, 0) is 30.5 Å². The van der Waals surface area contributed by atoms with Gasteiger partial charge in [0.05, 0.1) is 36.7 Å². The first-order valence-electron chi connectivity index (χ1n) is 9.97. The van der Waals surface area contributed by atoms with Crippen molar-refractivity contribution in [3.05, 3.63) is 57.3 Å². The highest BCUT2D eigenvalue weighted by molar-refractivity contribution is 7.89. The molecule has 1 N–H and O–H groups in total. The van der Waals surface area contributed by atoms with Crippen molar-refractivity contribution in [2.45, 2.75) is 31.2 Å². The number of fused-ring (bicyclic) bond motifs is 1. The van der Waals surface area contributed by atoms with E-state index in [1.54, 1.807) is 17.0 Å². The molecule has 9 nitrogen and oxygen atoms in total. The van der Waals surface area contributed by atoms with E-state index in [1.165, 1.54) is 16.7 Å². The predicted molar refractivity (Wildman–Crippen MR) is 109 cm³/mol. The van der Waals surface area contributed by atoms with Gasteiger partial charge in [0.1, 0.15) is 0 Å². The molecule has 0 bridgehead atoms. The SMILES string of the molecule is CCc1ccc(C(=O)N2CCc3c(nc[nH]c3=O)C2)cc1S(=O)(=O)N1CCOCC1. The van der Waals surface area contributed by atoms with Gasteiger partial charge < -0.3 is 14.6 Å². The summed E-state index contributed by atoms with van der Waals surface area (Å²) in [6.07, 6.45) is 2.28. The highest BCUT2D eigenvalue weighted by Gasteiger charge is 2.30. The normalized spacial score (nSPS) is 17.6. The van der Waals surface area contributed by atoms with Crippen LogP contribution >= 0.6 is 0 Å². The van der Waals surface area contributed by atoms with E-state index >= 15 is 0 Å². The summed E-state index contributed by atoms with van der Waals surface area (Å²) in [5.74, 6) is -0.274. The summed E-state index contributed by atoms with van der Waals surface area (Å²) in [7, 11) is -3.72. The first-order valence-corrected chi connectivity index (χ1v) is 11.4. The van der Waals surface area contributed by atoms with Crippen LogP contribution in [0.1, 0.15) is 34.1 Å². The van der Waals surface area contributed by atoms with E-state index in [1.807, 2.05) is 6.92 Å². The molecule has 2 aliphatic heterocycles. The van der Waals surface area contributed by atoms with E-state index in [2.05, 4.69) is 9.97 Å². The number of amides is 1. The van der Waals surface area contributed by atoms with Crippen molar-refractivity contribution in [3.63, 3.8) is 0 Å². The quantitative estimate of drug-likeness (QED) is 0.755. The molecule has 1 aromatic carbocycles. The summed E-state index contributed by atoms with van der Waals surface area (Å²) in [6, 6.07) is 4.86. The van der Waals surface area contributed by atoms with Crippen molar-refractivity contribution in [3.8, 4) is 0 Å². The molecule has 30 heavy (non-hydrogen) atoms. The fraction of sp³-hybridized carbons (Fsp3) is 0.450. The maximum Gasteiger partial charge on any atom is 0.254 e. The molecular formula is C20H24N4O5S. The van der Waals surface area contributed by atoms with Gasteiger partial charge in [0.15, 0.2) is 0 Å². The third-order valence-electron chi connectivity index (χ3n) is 5.58. The third kappa shape index (κ3) is 3.78. The average molecular weight is 433 g/mol. The number of hydrogen-bond donors (Lipinski definition) is 1. The van der Waals surface area contributed by atoms with Crippen LogP contribution in [0.25, 0.3) is 0 Å². The highest BCUT2D eigenvalue weighted by atomic mass is 32.2. The third-order valence-corrected chi connectivity index (χ3v) is 7.56. The number of nitrogens with zero attached hydrogens (tertiary/aromatic N) is 3. The molecule has 0 aliphatic carbocycles. The number of hydrogen-bond acceptors (Lipinski definition) is 6. The Hall–Kier alpha value is -2.56. The monoisotopic (exact) mass is 432 g/mol. The maximum atomic E-state index is 13.2. The Kier molecular flexibility index (Phi) is 5.72. The van der Waals surface area contributed by atoms with Gasteiger partial charge >= 0.3 is 0 Å². The molecule has 0 unspecified atom stereocenters. The van der Waals surface area contributed by atoms with Gasteiger partial charge in [0.25, 0.3) is 11.5 Å². The molecule has 0 atom stereocenters. The summed E-state index contributed by atoms with van der Waals surface area (Å²) in [6.45, 7) is 3.80. The Morgan fingerprint density at radius 1 is 1.23 bits per heavy atom. The van der Waals surface area contributed by atoms with E-state index in [-0.39, 0.29) is 22.9 Å². The molecule has 160 valence electrons. The van der Waals surface area contributed by atoms with E-state index in [9.17, 15) is 18.0 Å². The summed E-state index contributed by atoms with van der Waals surface area (Å²) >= 11 is 0. The zero-order valence-corrected chi connectivity index (χ0v) is 17.6. The lowest BCUT2D eigenvalue weighted by molar-refractivity contribution is 0.0726. The predicted octanol–water partition coefficient (Wildman–Crippen LogP) is 0.552. The van der Waals surface area contributed by atoms with Gasteiger partial charge in [-0.1, -0.05) is 13.0 Å². The lowest BCUT2D eigenvalue weighted by Crippen LogP contribution is -2.41. The molecule has 2 aliphatic rings. The number of H-pyrrole nitrogens is 1. The Morgan fingerprint density at radius 2 is 2.00 bits per heavy atom. The number of carbonyl (C=O) groups excluding carboxylic acids is 1. The Labute approximate surface area is 174 Å². The van der Waals surface area contributed by atoms with E-state index < -0.39 is 10.0 Å². The first kappa shape index (κ1) is 20.7. The number of carbonyl (C=O) groups is 1. The van der Waals surface area contributed by atoms with Crippen LogP contribution in [0, 0.1) is 0 Å². The smallest absolute Gasteiger partial charge is 0.254 e. The fourth-order valence-corrected chi connectivity index (χ4v) is 5.59. The molecule has 2 aromatic rings. The largest absolute Gasteiger partial charge is 0.379 e. The molecule has 0 saturated carbocycles. The van der Waals surface area contributed by atoms with Gasteiger partial charge in [-0.3, -0.25) is 9.59 Å². The Morgan fingerprint density at radius 3 is 2.73 bits per heavy atom. The van der Waals surface area contributed by atoms with Crippen molar-refractivity contribution in [1.29, 1.82) is 0 Å². The summed E-state index contributed by atoms with van der Waals surface area (Å²) in [5, 5.41) is 0. The average Bonchev–Trinajstić information content (AvgIpc) is 2.78. The van der Waals surface area contributed by atoms with Crippen molar-refractivity contribution in [2.24, 2.45) is 0 Å². The standard InChI is InChI=1S/C20H24N4O5S/c1-2-14-3-4-15(11-18(14)30(27,28)24-7-9-29-10-8-24)20(26)23-6-5-16-17(12-23)21-13-22-19(16)25/h3-4,11,13H,2,5-10,12H2,1H3,(H,21,22,25). The zero-order chi connectivity index (χ0) is 21.3. The molecular weight excluding hydrogens is 408 g/mol. The molecule has 1 saturated heterocycles. The second-order valence-electron chi connectivity index (χ2n) is 7.33. The maximum absolute atomic E-state index is 13.2. The molecule has 0 radical (unpaired) electrons. The van der Waals surface area contributed by atoms with Crippen LogP contribution in [0.4, 0.5) is 0 Å². The number of rotatable bonds is 4. The molecule has 3 heterocycles. The minimum absolute atomic E-state index is 0.171. The number of morpholine rings is 1. The summed E-state index contributed by atoms with van der Waals surface area (Å²) < 4.78 is 33.1. The molecule has 0 spiro atoms. The fourth-order valence-electron chi connectivity index (χ4n) is 3.87. The summed E-state index contributed by atoms with van der Waals surface area (Å²) in [5.41, 5.74) is 1.98. The van der Waals surface area contributed by atoms with Crippen LogP contribution in [-0.4, -0.2) is 66.3 Å². The highest BCUT2D eigenvalue weighted by Crippen LogP contribution is 2.25. The van der Waals surface area contributed by atoms with E-state index in [0.717, 1.165) is 0 Å². The Bertz CT molecular complexity index is 1120. The van der Waals surface area contributed by atoms with Gasteiger partial charge in [0, 0.05) is 30.8 Å². The molecule has 4 rings (SSSR count). The summed E-state index contributed by atoms with van der Waals surface area (Å²) in [4.78, 5) is 33.6. The van der Waals surface area contributed by atoms with Gasteiger partial charge in [-0.25, -0.2) is 13.4 Å². The first-order chi connectivity index (χ1) is 14.4. The number of aromatic nitrogens is 2. The molecule has 1 amide bonds. The number of aromatic amines is 1. The number of benzene rings is 1. The van der Waals surface area contributed by atoms with Gasteiger partial charge in [0.2, 0.25) is 10.0 Å². The second kappa shape index (κ2) is 8.29. The van der Waals surface area contributed by atoms with Crippen molar-refractivity contribution in [2.75, 3.05) is 32.8 Å². The van der Waals surface area contributed by atoms with Crippen LogP contribution in [0.3, 0.4) is 0 Å². The van der Waals surface area contributed by atoms with Crippen molar-refractivity contribution >= 4 is 15.9 Å². The minimum Gasteiger partial charge on any atom is -0.379 e. The van der Waals surface area contributed by atoms with Crippen molar-refractivity contribution in [1.82, 2.24) is 19.2 Å². The molecule has 1 fully saturated rings. The number of aryl methyl sites for hydroxylation is 1. The lowest BCUT2D eigenvalue weighted by Gasteiger charge is -2.29. The van der Waals surface area contributed by atoms with E-state index in [4.69, 9.17) is 4.74 Å². The second-order valence-corrected chi connectivity index (χ2v) is 9.23. The molecule has 1 aromatic heterocycles. The number of sulfonamides is 1. The van der Waals surface area contributed by atoms with Crippen LogP contribution in [-0.2, 0) is 34.1 Å². The van der Waals surface area contributed by atoms with Crippen LogP contribution in [0.15, 0.2) is 34.2 Å². The van der Waals surface area contributed by atoms with Crippen molar-refractivity contribution < 1.29 is 17.9 Å². The van der Waals surface area contributed by atoms with Gasteiger partial charge in [-0.15, -0.1) is 0 Å². The van der Waals surface area contributed by atoms with Crippen LogP contribution in [0.2, 0.25) is 0 Å². The lowest BCUT2D eigenvalue weighted by atomic mass is 10.0. The topological polar surface area (TPSA) is 113 Å². The Balaban J connectivity index is 1.64. The zero-order valence-electron chi connectivity index (χ0n) is 16.8. The number of ether oxygens (including phenoxy) is 1. The van der Waals surface area contributed by atoms with Gasteiger partial charge in [-0.2, -0.15) is 4.31 Å². The van der Waals surface area contributed by atoms with Crippen LogP contribution in [0.5, 0.6) is 0 Å². The molecule has 10 heteroatoms. The minimum atomic E-state index is -3.72. The number of nitrogens with one attached hydrogen (secondary N) is 1. The van der Waals surface area contributed by atoms with Crippen LogP contribution < -0.4 is 5.56 Å².